The molecule has 38 heavy (non-hydrogen) atoms. The number of rotatable bonds is 8. The number of carbonyl (C=O) groups is 1. The molecule has 0 saturated heterocycles. The van der Waals surface area contributed by atoms with E-state index in [0.717, 1.165) is 35.4 Å². The molecule has 1 atom stereocenters. The summed E-state index contributed by atoms with van der Waals surface area (Å²) in [4.78, 5) is 15.7. The number of aromatic carboxylic acids is 1. The fraction of sp³-hybridized carbons (Fsp3) is 0.222. The topological polar surface area (TPSA) is 111 Å². The zero-order valence-corrected chi connectivity index (χ0v) is 21.8. The summed E-state index contributed by atoms with van der Waals surface area (Å²) in [6.07, 6.45) is 3.04. The quantitative estimate of drug-likeness (QED) is 0.303. The average Bonchev–Trinajstić information content (AvgIpc) is 3.43. The van der Waals surface area contributed by atoms with Crippen molar-refractivity contribution in [3.63, 3.8) is 0 Å². The summed E-state index contributed by atoms with van der Waals surface area (Å²) in [6.45, 7) is 1.62. The molecule has 0 radical (unpaired) electrons. The number of nitrogens with two attached hydrogens (primary N) is 1. The molecule has 0 amide bonds. The van der Waals surface area contributed by atoms with Gasteiger partial charge in [-0.2, -0.15) is 5.10 Å². The van der Waals surface area contributed by atoms with E-state index in [9.17, 15) is 22.9 Å². The molecular weight excluding hydrogens is 530 g/mol. The SMILES string of the molecule is CC#Cc1cc(-c2nn(-c3nc(C(=O)O)cs3)c(CC3CC3)c2Cc2ccc(S(N)=O)c(F)c2)ccc1F. The predicted molar refractivity (Wildman–Crippen MR) is 140 cm³/mol. The van der Waals surface area contributed by atoms with Crippen LogP contribution >= 0.6 is 11.3 Å². The number of hydrogen-bond donors (Lipinski definition) is 2. The maximum Gasteiger partial charge on any atom is 0.355 e. The molecule has 1 unspecified atom stereocenters. The summed E-state index contributed by atoms with van der Waals surface area (Å²) in [5.74, 6) is 3.64. The summed E-state index contributed by atoms with van der Waals surface area (Å²) in [5.41, 5.74) is 3.51. The second kappa shape index (κ2) is 10.6. The van der Waals surface area contributed by atoms with Crippen LogP contribution in [0.4, 0.5) is 8.78 Å². The number of aromatic nitrogens is 3. The molecule has 1 aliphatic carbocycles. The lowest BCUT2D eigenvalue weighted by Gasteiger charge is -2.10. The van der Waals surface area contributed by atoms with Crippen molar-refractivity contribution in [1.29, 1.82) is 0 Å². The Morgan fingerprint density at radius 1 is 1.24 bits per heavy atom. The van der Waals surface area contributed by atoms with Gasteiger partial charge >= 0.3 is 5.97 Å². The molecule has 2 aromatic heterocycles. The largest absolute Gasteiger partial charge is 0.476 e. The Morgan fingerprint density at radius 2 is 2.03 bits per heavy atom. The molecule has 1 aliphatic rings. The third kappa shape index (κ3) is 5.29. The summed E-state index contributed by atoms with van der Waals surface area (Å²) in [7, 11) is -1.96. The Bertz CT molecular complexity index is 1650. The molecule has 1 fully saturated rings. The van der Waals surface area contributed by atoms with Gasteiger partial charge in [-0.3, -0.25) is 0 Å². The molecule has 4 aromatic rings. The van der Waals surface area contributed by atoms with Crippen molar-refractivity contribution in [2.45, 2.75) is 37.5 Å². The lowest BCUT2D eigenvalue weighted by Crippen LogP contribution is -2.07. The van der Waals surface area contributed by atoms with Crippen molar-refractivity contribution in [1.82, 2.24) is 14.8 Å². The predicted octanol–water partition coefficient (Wildman–Crippen LogP) is 4.87. The summed E-state index contributed by atoms with van der Waals surface area (Å²) < 4.78 is 42.3. The number of thiazole rings is 1. The molecular formula is C27H22F2N4O3S2. The normalized spacial score (nSPS) is 13.7. The van der Waals surface area contributed by atoms with Gasteiger partial charge in [-0.25, -0.2) is 32.6 Å². The number of benzene rings is 2. The third-order valence-electron chi connectivity index (χ3n) is 6.25. The molecule has 2 aromatic carbocycles. The van der Waals surface area contributed by atoms with E-state index in [-0.39, 0.29) is 22.6 Å². The van der Waals surface area contributed by atoms with Crippen molar-refractivity contribution >= 4 is 28.3 Å². The first-order valence-electron chi connectivity index (χ1n) is 11.7. The van der Waals surface area contributed by atoms with E-state index in [0.29, 0.717) is 34.3 Å². The van der Waals surface area contributed by atoms with Crippen LogP contribution in [-0.2, 0) is 23.8 Å². The van der Waals surface area contributed by atoms with Crippen LogP contribution in [0.2, 0.25) is 0 Å². The van der Waals surface area contributed by atoms with E-state index in [1.165, 1.54) is 23.6 Å². The maximum absolute atomic E-state index is 14.7. The highest BCUT2D eigenvalue weighted by Crippen LogP contribution is 2.38. The number of hydrogen-bond acceptors (Lipinski definition) is 5. The van der Waals surface area contributed by atoms with Gasteiger partial charge in [0.15, 0.2) is 5.69 Å². The molecule has 0 aliphatic heterocycles. The van der Waals surface area contributed by atoms with Gasteiger partial charge in [0.1, 0.15) is 22.6 Å². The molecule has 194 valence electrons. The second-order valence-corrected chi connectivity index (χ2v) is 10.8. The van der Waals surface area contributed by atoms with Crippen molar-refractivity contribution < 1.29 is 22.9 Å². The van der Waals surface area contributed by atoms with E-state index in [2.05, 4.69) is 16.8 Å². The molecule has 2 heterocycles. The van der Waals surface area contributed by atoms with Crippen LogP contribution in [0.15, 0.2) is 46.7 Å². The zero-order valence-electron chi connectivity index (χ0n) is 20.2. The maximum atomic E-state index is 14.7. The van der Waals surface area contributed by atoms with Gasteiger partial charge in [0, 0.05) is 22.9 Å². The first-order valence-corrected chi connectivity index (χ1v) is 13.8. The summed E-state index contributed by atoms with van der Waals surface area (Å²) in [5, 5.41) is 21.5. The minimum absolute atomic E-state index is 0.0873. The lowest BCUT2D eigenvalue weighted by atomic mass is 9.96. The van der Waals surface area contributed by atoms with E-state index < -0.39 is 28.6 Å². The number of carboxylic acids is 1. The number of halogens is 2. The van der Waals surface area contributed by atoms with Gasteiger partial charge in [-0.15, -0.1) is 17.3 Å². The van der Waals surface area contributed by atoms with Gasteiger partial charge in [-0.1, -0.05) is 12.0 Å². The van der Waals surface area contributed by atoms with Crippen LogP contribution in [-0.4, -0.2) is 30.0 Å². The van der Waals surface area contributed by atoms with E-state index in [4.69, 9.17) is 10.2 Å². The third-order valence-corrected chi connectivity index (χ3v) is 7.84. The molecule has 0 spiro atoms. The zero-order chi connectivity index (χ0) is 27.0. The molecule has 11 heteroatoms. The minimum Gasteiger partial charge on any atom is -0.476 e. The highest BCUT2D eigenvalue weighted by atomic mass is 32.2. The Balaban J connectivity index is 1.70. The Morgan fingerprint density at radius 3 is 2.66 bits per heavy atom. The standard InChI is InChI=1S/C27H22F2N4O3S2/c1-2-3-17-13-18(7-8-20(17)28)25-19(10-16-6-9-24(38(30)36)21(29)11-16)23(12-15-4-5-15)33(32-25)27-31-22(14-37-27)26(34)35/h6-9,11,13-15H,4-5,10,12,30H2,1H3,(H,34,35). The minimum atomic E-state index is -1.96. The van der Waals surface area contributed by atoms with E-state index in [1.807, 2.05) is 0 Å². The van der Waals surface area contributed by atoms with Crippen molar-refractivity contribution in [3.8, 4) is 28.2 Å². The highest BCUT2D eigenvalue weighted by Gasteiger charge is 2.29. The first-order chi connectivity index (χ1) is 18.2. The van der Waals surface area contributed by atoms with Crippen LogP contribution in [0.25, 0.3) is 16.4 Å². The molecule has 3 N–H and O–H groups in total. The van der Waals surface area contributed by atoms with Crippen LogP contribution < -0.4 is 5.14 Å². The fourth-order valence-corrected chi connectivity index (χ4v) is 5.48. The van der Waals surface area contributed by atoms with Gasteiger partial charge in [-0.05, 0) is 68.0 Å². The van der Waals surface area contributed by atoms with Crippen molar-refractivity contribution in [2.24, 2.45) is 11.1 Å². The van der Waals surface area contributed by atoms with Crippen LogP contribution in [0, 0.1) is 29.4 Å². The highest BCUT2D eigenvalue weighted by molar-refractivity contribution is 7.82. The van der Waals surface area contributed by atoms with Gasteiger partial charge in [0.2, 0.25) is 5.13 Å². The van der Waals surface area contributed by atoms with Crippen LogP contribution in [0.1, 0.15) is 52.6 Å². The smallest absolute Gasteiger partial charge is 0.355 e. The molecule has 5 rings (SSSR count). The Labute approximate surface area is 223 Å². The monoisotopic (exact) mass is 552 g/mol. The Hall–Kier alpha value is -3.72. The van der Waals surface area contributed by atoms with Crippen molar-refractivity contribution in [3.05, 3.63) is 81.5 Å². The first kappa shape index (κ1) is 25.9. The molecule has 7 nitrogen and oxygen atoms in total. The number of nitrogens with zero attached hydrogens (tertiary/aromatic N) is 3. The average molecular weight is 553 g/mol. The lowest BCUT2D eigenvalue weighted by molar-refractivity contribution is 0.0691. The molecule has 1 saturated carbocycles. The van der Waals surface area contributed by atoms with Crippen LogP contribution in [0.3, 0.4) is 0 Å². The summed E-state index contributed by atoms with van der Waals surface area (Å²) >= 11 is 1.16. The van der Waals surface area contributed by atoms with Gasteiger partial charge in [0.25, 0.3) is 0 Å². The fourth-order valence-electron chi connectivity index (χ4n) is 4.25. The van der Waals surface area contributed by atoms with Gasteiger partial charge in [0.05, 0.1) is 21.8 Å². The van der Waals surface area contributed by atoms with E-state index >= 15 is 0 Å². The Kier molecular flexibility index (Phi) is 7.21. The van der Waals surface area contributed by atoms with Crippen molar-refractivity contribution in [2.75, 3.05) is 0 Å². The number of carboxylic acid groups (broad SMARTS) is 1. The summed E-state index contributed by atoms with van der Waals surface area (Å²) in [6, 6.07) is 8.92. The second-order valence-electron chi connectivity index (χ2n) is 8.96. The van der Waals surface area contributed by atoms with Gasteiger partial charge < -0.3 is 5.11 Å². The van der Waals surface area contributed by atoms with Crippen LogP contribution in [0.5, 0.6) is 0 Å². The molecule has 0 bridgehead atoms. The van der Waals surface area contributed by atoms with E-state index in [1.54, 1.807) is 29.8 Å².